The molecule has 4 aliphatic heterocycles. The lowest BCUT2D eigenvalue weighted by molar-refractivity contribution is -0.141. The van der Waals surface area contributed by atoms with E-state index in [1.165, 1.54) is 23.3 Å². The number of rotatable bonds is 19. The van der Waals surface area contributed by atoms with Crippen LogP contribution in [0.3, 0.4) is 0 Å². The van der Waals surface area contributed by atoms with Crippen LogP contribution in [0.15, 0.2) is 76.9 Å². The molecule has 6 aromatic rings. The van der Waals surface area contributed by atoms with Crippen LogP contribution in [0.25, 0.3) is 21.8 Å². The van der Waals surface area contributed by atoms with Gasteiger partial charge in [-0.05, 0) is 87.0 Å². The van der Waals surface area contributed by atoms with E-state index in [0.717, 1.165) is 92.3 Å². The second kappa shape index (κ2) is 23.3. The number of carbonyl (C=O) groups excluding carboxylic acids is 2. The zero-order chi connectivity index (χ0) is 54.9. The first-order valence-corrected chi connectivity index (χ1v) is 28.4. The number of aliphatic hydroxyl groups is 1. The van der Waals surface area contributed by atoms with Crippen LogP contribution in [0.1, 0.15) is 94.7 Å². The molecule has 4 saturated heterocycles. The highest BCUT2D eigenvalue weighted by atomic mass is 32.1. The Morgan fingerprint density at radius 1 is 0.899 bits per heavy atom. The van der Waals surface area contributed by atoms with Gasteiger partial charge in [0.1, 0.15) is 30.4 Å². The molecule has 0 radical (unpaired) electrons. The number of ether oxygens (including phenoxy) is 4. The molecule has 5 aliphatic rings. The molecule has 79 heavy (non-hydrogen) atoms. The Morgan fingerprint density at radius 2 is 1.68 bits per heavy atom. The number of anilines is 3. The number of aromatic hydroxyl groups is 1. The topological polar surface area (TPSA) is 253 Å². The van der Waals surface area contributed by atoms with Crippen molar-refractivity contribution in [2.24, 2.45) is 5.92 Å². The van der Waals surface area contributed by atoms with Crippen LogP contribution in [0.5, 0.6) is 23.4 Å². The zero-order valence-corrected chi connectivity index (χ0v) is 46.1. The van der Waals surface area contributed by atoms with Crippen LogP contribution >= 0.6 is 11.3 Å². The Morgan fingerprint density at radius 3 is 2.42 bits per heavy atom. The van der Waals surface area contributed by atoms with Crippen LogP contribution < -0.4 is 35.1 Å². The van der Waals surface area contributed by atoms with Crippen molar-refractivity contribution in [3.05, 3.63) is 89.4 Å². The molecule has 5 fully saturated rings. The predicted molar refractivity (Wildman–Crippen MR) is 296 cm³/mol. The summed E-state index contributed by atoms with van der Waals surface area (Å²) in [5.41, 5.74) is 13.6. The number of aliphatic hydroxyl groups excluding tert-OH is 1. The average molecular weight is 1100 g/mol. The number of amides is 2. The summed E-state index contributed by atoms with van der Waals surface area (Å²) in [6.45, 7) is 12.0. The number of hydrogen-bond acceptors (Lipinski definition) is 20. The number of benzene rings is 1. The Hall–Kier alpha value is -7.14. The van der Waals surface area contributed by atoms with Crippen LogP contribution in [0.4, 0.5) is 17.2 Å². The lowest BCUT2D eigenvalue weighted by Crippen LogP contribution is -2.54. The quantitative estimate of drug-likeness (QED) is 0.0670. The second-order valence-electron chi connectivity index (χ2n) is 21.9. The standard InChI is InChI=1S/C57H70N12O9S/c1-32(2)52(57(73)68-30-38(70)23-47(68)55(72)61-33(3)42-12-13-44(62-56(42)74-5)53-34(4)60-31-79-53)49-27-51(65-78-49)75-21-20-66-18-15-39(16-19-66)76-40-24-41(25-40)77-50-22-35(14-17-59-50)69-36-10-11-37(69)29-67(28-36)46-26-45(63-64-54(46)58)43-8-6-7-9-48(43)71/h6-9,12-14,17,22,26-27,31-33,36-41,47,52,70-71H,10-11,15-16,18-21,23-25,28-30H2,1-5H3,(H2,58,64)(H,61,72)/t33-,36?,37?,38+,40?,41?,47-,52-/m0/s1. The molecule has 0 spiro atoms. The lowest BCUT2D eigenvalue weighted by Gasteiger charge is -2.43. The molecule has 2 bridgehead atoms. The van der Waals surface area contributed by atoms with E-state index in [-0.39, 0.29) is 72.7 Å². The number of β-amino-alcohol motifs (C(OH)–C–C–N with tert-alkyl or cyclic N) is 1. The maximum atomic E-state index is 14.3. The smallest absolute Gasteiger partial charge is 0.254 e. The van der Waals surface area contributed by atoms with E-state index in [2.05, 4.69) is 57.5 Å². The second-order valence-corrected chi connectivity index (χ2v) is 22.8. The SMILES string of the molecule is COc1nc(-c2scnc2C)ccc1[C@H](C)NC(=O)[C@@H]1C[C@@H](O)CN1C(=O)[C@H](c1cc(OCCN2CCC(OC3CC(Oc4cc(N5C6CCC5CN(c5cc(-c7ccccc7O)nnc5N)C6)ccn4)C3)CC2)no1)C(C)C. The molecule has 2 unspecified atom stereocenters. The minimum atomic E-state index is -0.895. The molecule has 1 aliphatic carbocycles. The van der Waals surface area contributed by atoms with Crippen LogP contribution in [0.2, 0.25) is 0 Å². The minimum absolute atomic E-state index is 0.0160. The van der Waals surface area contributed by atoms with Crippen molar-refractivity contribution in [1.82, 2.24) is 45.4 Å². The van der Waals surface area contributed by atoms with Gasteiger partial charge in [0.25, 0.3) is 5.88 Å². The number of nitrogens with zero attached hydrogens (tertiary/aromatic N) is 10. The maximum absolute atomic E-state index is 14.3. The molecule has 9 heterocycles. The number of phenols is 1. The van der Waals surface area contributed by atoms with E-state index in [0.29, 0.717) is 53.3 Å². The Balaban J connectivity index is 0.606. The van der Waals surface area contributed by atoms with Gasteiger partial charge >= 0.3 is 0 Å². The van der Waals surface area contributed by atoms with Crippen molar-refractivity contribution >= 4 is 40.3 Å². The number of piperidine rings is 1. The third kappa shape index (κ3) is 11.6. The Kier molecular flexibility index (Phi) is 15.9. The third-order valence-corrected chi connectivity index (χ3v) is 17.2. The number of hydrogen-bond donors (Lipinski definition) is 4. The molecule has 418 valence electrons. The van der Waals surface area contributed by atoms with Gasteiger partial charge < -0.3 is 59.4 Å². The van der Waals surface area contributed by atoms with E-state index in [1.54, 1.807) is 23.7 Å². The molecule has 6 atom stereocenters. The van der Waals surface area contributed by atoms with Gasteiger partial charge in [0.05, 0.1) is 64.6 Å². The fraction of sp³-hybridized carbons (Fsp3) is 0.509. The van der Waals surface area contributed by atoms with Crippen LogP contribution in [-0.4, -0.2) is 158 Å². The number of phenolic OH excluding ortho intramolecular Hbond substituents is 1. The number of aryl methyl sites for hydroxylation is 1. The molecule has 11 rings (SSSR count). The number of fused-ring (bicyclic) bond motifs is 2. The summed E-state index contributed by atoms with van der Waals surface area (Å²) >= 11 is 1.49. The van der Waals surface area contributed by atoms with Crippen molar-refractivity contribution in [3.8, 4) is 45.2 Å². The van der Waals surface area contributed by atoms with Crippen molar-refractivity contribution in [2.45, 2.75) is 127 Å². The molecule has 1 aromatic carbocycles. The number of likely N-dealkylation sites (tertiary alicyclic amines) is 2. The van der Waals surface area contributed by atoms with Crippen LogP contribution in [-0.2, 0) is 14.3 Å². The first kappa shape index (κ1) is 53.8. The highest BCUT2D eigenvalue weighted by Crippen LogP contribution is 2.41. The van der Waals surface area contributed by atoms with Crippen molar-refractivity contribution in [3.63, 3.8) is 0 Å². The molecular formula is C57H70N12O9S. The average Bonchev–Trinajstić information content (AvgIpc) is 4.36. The number of nitrogen functional groups attached to an aromatic ring is 1. The number of para-hydroxylation sites is 1. The number of aromatic nitrogens is 6. The molecule has 5 N–H and O–H groups in total. The molecule has 2 amide bonds. The summed E-state index contributed by atoms with van der Waals surface area (Å²) in [7, 11) is 1.54. The van der Waals surface area contributed by atoms with Crippen LogP contribution in [0, 0.1) is 12.8 Å². The number of pyridine rings is 2. The van der Waals surface area contributed by atoms with Gasteiger partial charge in [-0.25, -0.2) is 15.0 Å². The Labute approximate surface area is 463 Å². The fourth-order valence-corrected chi connectivity index (χ4v) is 12.8. The number of nitrogens with one attached hydrogen (secondary N) is 1. The number of methoxy groups -OCH3 is 1. The first-order chi connectivity index (χ1) is 38.3. The van der Waals surface area contributed by atoms with E-state index in [9.17, 15) is 19.8 Å². The molecular weight excluding hydrogens is 1030 g/mol. The number of carbonyl (C=O) groups is 2. The number of nitrogens with two attached hydrogens (primary N) is 1. The number of piperazine rings is 1. The summed E-state index contributed by atoms with van der Waals surface area (Å²) in [5.74, 6) is 0.504. The summed E-state index contributed by atoms with van der Waals surface area (Å²) in [6, 6.07) is 17.8. The molecule has 22 heteroatoms. The van der Waals surface area contributed by atoms with Gasteiger partial charge in [0.15, 0.2) is 11.6 Å². The van der Waals surface area contributed by atoms with Crippen molar-refractivity contribution in [1.29, 1.82) is 0 Å². The highest BCUT2D eigenvalue weighted by molar-refractivity contribution is 7.13. The summed E-state index contributed by atoms with van der Waals surface area (Å²) in [6.07, 6.45) is 7.08. The van der Waals surface area contributed by atoms with Crippen molar-refractivity contribution < 1.29 is 43.3 Å². The third-order valence-electron chi connectivity index (χ3n) is 16.2. The molecule has 21 nitrogen and oxygen atoms in total. The maximum Gasteiger partial charge on any atom is 0.254 e. The summed E-state index contributed by atoms with van der Waals surface area (Å²) < 4.78 is 30.4. The van der Waals surface area contributed by atoms with E-state index in [1.807, 2.05) is 64.2 Å². The molecule has 5 aromatic heterocycles. The van der Waals surface area contributed by atoms with E-state index in [4.69, 9.17) is 34.2 Å². The van der Waals surface area contributed by atoms with Gasteiger partial charge in [-0.2, -0.15) is 0 Å². The van der Waals surface area contributed by atoms with Gasteiger partial charge in [-0.3, -0.25) is 14.5 Å². The molecule has 1 saturated carbocycles. The summed E-state index contributed by atoms with van der Waals surface area (Å²) in [4.78, 5) is 51.4. The zero-order valence-electron chi connectivity index (χ0n) is 45.3. The van der Waals surface area contributed by atoms with Crippen molar-refractivity contribution in [2.75, 3.05) is 68.5 Å². The van der Waals surface area contributed by atoms with Gasteiger partial charge in [0.2, 0.25) is 23.6 Å². The largest absolute Gasteiger partial charge is 0.507 e. The monoisotopic (exact) mass is 1100 g/mol. The summed E-state index contributed by atoms with van der Waals surface area (Å²) in [5, 5.41) is 37.0. The normalized spacial score (nSPS) is 23.2. The minimum Gasteiger partial charge on any atom is -0.507 e. The number of thiazole rings is 1. The first-order valence-electron chi connectivity index (χ1n) is 27.6. The predicted octanol–water partition coefficient (Wildman–Crippen LogP) is 6.56. The van der Waals surface area contributed by atoms with Gasteiger partial charge in [-0.15, -0.1) is 21.5 Å². The lowest BCUT2D eigenvalue weighted by atomic mass is 9.91. The van der Waals surface area contributed by atoms with Gasteiger partial charge in [-0.1, -0.05) is 26.0 Å². The van der Waals surface area contributed by atoms with E-state index >= 15 is 0 Å². The van der Waals surface area contributed by atoms with Gasteiger partial charge in [0, 0.05) is 106 Å². The fourth-order valence-electron chi connectivity index (χ4n) is 12.0. The van der Waals surface area contributed by atoms with E-state index < -0.39 is 24.1 Å². The highest BCUT2D eigenvalue weighted by Gasteiger charge is 2.45. The Bertz CT molecular complexity index is 3090.